The fraction of sp³-hybridized carbons (Fsp3) is 0.557. The molecule has 3 unspecified atom stereocenters. The predicted molar refractivity (Wildman–Crippen MR) is 515 cm³/mol. The molecular formula is C97H139BN18O17S. The molecule has 5 heterocycles. The van der Waals surface area contributed by atoms with Crippen molar-refractivity contribution in [2.45, 2.75) is 269 Å². The van der Waals surface area contributed by atoms with Gasteiger partial charge in [-0.05, 0) is 130 Å². The van der Waals surface area contributed by atoms with Crippen LogP contribution in [0, 0.1) is 18.8 Å². The number of aromatic amines is 1. The third-order valence-corrected chi connectivity index (χ3v) is 26.5. The van der Waals surface area contributed by atoms with Crippen LogP contribution in [0.25, 0.3) is 21.8 Å². The highest BCUT2D eigenvalue weighted by atomic mass is 32.2. The second kappa shape index (κ2) is 51.1. The Balaban J connectivity index is 1.04. The van der Waals surface area contributed by atoms with E-state index in [9.17, 15) is 43.8 Å². The van der Waals surface area contributed by atoms with Gasteiger partial charge in [-0.1, -0.05) is 152 Å². The number of nitrogens with two attached hydrogens (primary N) is 2. The average molecular weight is 1870 g/mol. The number of hydrogen-bond donors (Lipinski definition) is 14. The summed E-state index contributed by atoms with van der Waals surface area (Å²) in [4.78, 5) is 231. The highest BCUT2D eigenvalue weighted by molar-refractivity contribution is 7.99. The molecule has 2 saturated heterocycles. The standard InChI is InChI=1S/C97H139BN18O17S/c1-13-16-26-80(91(127)106-73(41-57(4)5)88(124)102-38-40-134-56-65(99)15-3)112(11)97(133)82(27-17-14-2)113(12)94(130)76-45-64-53-114(79-28-21-19-24-70(64)79)54-68(119)48-98-71-36-30-59(8)43-63(71)49-101-51-78(110-92(128)81-29-22-39-115(81)95(131)77(47-84(100)120)108-87(123)60(9)111(10)86(122)37-33-61-31-34-66(117)35-32-61)90(126)109-75(42-58(6)7)96(132)116-55-67(118)46-83(116)93(129)107-74(89(125)104-52-85(121)105-76)44-62-50-103-72-25-20-18-23-69(62)72/h18-21,23-25,28,30-32,34-36,43,50,53,57-58,60,65,67,73-78,80-83,98,101,103,117-118H,13-17,22,26-27,29,33,37-42,44-49,51-52,54-56,99H2,1-12H3,(H2,100,120)(H,102,124)(H,104,125)(H,105,121)(H,106,127)(H,107,129)(H,108,123)(H,109,126)(H,110,128)/t60-,65?,67+,73-,74-,75-,76-,77-,78-,80-,81?,82-,83?/m0/s1. The predicted octanol–water partition coefficient (Wildman–Crippen LogP) is 2.82. The van der Waals surface area contributed by atoms with E-state index < -0.39 is 169 Å². The van der Waals surface area contributed by atoms with E-state index >= 15 is 38.4 Å². The van der Waals surface area contributed by atoms with E-state index in [1.54, 1.807) is 72.9 Å². The Kier molecular flexibility index (Phi) is 40.4. The molecule has 134 heavy (non-hydrogen) atoms. The van der Waals surface area contributed by atoms with Crippen molar-refractivity contribution in [3.8, 4) is 5.75 Å². The number of benzene rings is 4. The highest BCUT2D eigenvalue weighted by Gasteiger charge is 2.46. The largest absolute Gasteiger partial charge is 0.508 e. The van der Waals surface area contributed by atoms with Crippen LogP contribution in [0.4, 0.5) is 0 Å². The van der Waals surface area contributed by atoms with Crippen molar-refractivity contribution in [1.82, 2.24) is 81.9 Å². The first-order valence-corrected chi connectivity index (χ1v) is 48.3. The third-order valence-electron chi connectivity index (χ3n) is 25.3. The Morgan fingerprint density at radius 2 is 1.43 bits per heavy atom. The number of rotatable bonds is 36. The fourth-order valence-electron chi connectivity index (χ4n) is 17.5. The molecule has 14 amide bonds. The van der Waals surface area contributed by atoms with Crippen LogP contribution in [0.3, 0.4) is 0 Å². The first-order valence-electron chi connectivity index (χ1n) is 47.2. The number of aryl methyl sites for hydroxylation is 2. The van der Waals surface area contributed by atoms with Gasteiger partial charge in [0.2, 0.25) is 82.7 Å². The molecule has 37 heteroatoms. The molecule has 2 aromatic heterocycles. The van der Waals surface area contributed by atoms with Crippen LogP contribution in [0.5, 0.6) is 5.75 Å². The molecule has 0 radical (unpaired) electrons. The number of thioether (sulfide) groups is 1. The number of nitrogens with zero attached hydrogens (tertiary/aromatic N) is 6. The number of aliphatic hydroxyl groups excluding tert-OH is 1. The Hall–Kier alpha value is -11.7. The summed E-state index contributed by atoms with van der Waals surface area (Å²) in [5.41, 5.74) is 17.3. The van der Waals surface area contributed by atoms with E-state index in [2.05, 4.69) is 52.8 Å². The van der Waals surface area contributed by atoms with Crippen LogP contribution < -0.4 is 64.8 Å². The zero-order chi connectivity index (χ0) is 97.7. The van der Waals surface area contributed by atoms with E-state index in [1.807, 2.05) is 90.1 Å². The minimum absolute atomic E-state index is 0.00848. The van der Waals surface area contributed by atoms with Gasteiger partial charge in [-0.2, -0.15) is 11.8 Å². The quantitative estimate of drug-likeness (QED) is 0.0199. The molecule has 6 aromatic rings. The van der Waals surface area contributed by atoms with Crippen molar-refractivity contribution in [2.24, 2.45) is 23.3 Å². The number of aromatic nitrogens is 2. The summed E-state index contributed by atoms with van der Waals surface area (Å²) < 4.78 is 1.76. The first-order chi connectivity index (χ1) is 63.9. The number of carbonyl (C=O) groups excluding carboxylic acids is 15. The van der Waals surface area contributed by atoms with Crippen LogP contribution >= 0.6 is 11.8 Å². The lowest BCUT2D eigenvalue weighted by molar-refractivity contribution is -0.149. The summed E-state index contributed by atoms with van der Waals surface area (Å²) in [6.07, 6.45) is 4.95. The number of likely N-dealkylation sites (N-methyl/N-ethyl adjacent to an activating group) is 3. The maximum atomic E-state index is 15.9. The minimum Gasteiger partial charge on any atom is -0.508 e. The molecule has 35 nitrogen and oxygen atoms in total. The van der Waals surface area contributed by atoms with E-state index in [1.165, 1.54) is 59.8 Å². The van der Waals surface area contributed by atoms with Gasteiger partial charge in [-0.25, -0.2) is 0 Å². The number of phenols is 1. The number of unbranched alkanes of at least 4 members (excludes halogenated alkanes) is 2. The summed E-state index contributed by atoms with van der Waals surface area (Å²) >= 11 is 1.62. The molecule has 2 fully saturated rings. The van der Waals surface area contributed by atoms with Crippen LogP contribution in [0.2, 0.25) is 6.32 Å². The van der Waals surface area contributed by atoms with Crippen molar-refractivity contribution in [1.29, 1.82) is 0 Å². The second-order valence-corrected chi connectivity index (χ2v) is 37.9. The molecule has 2 bridgehead atoms. The van der Waals surface area contributed by atoms with E-state index in [4.69, 9.17) is 11.5 Å². The van der Waals surface area contributed by atoms with Crippen molar-refractivity contribution in [3.63, 3.8) is 0 Å². The van der Waals surface area contributed by atoms with Gasteiger partial charge in [-0.15, -0.1) is 0 Å². The summed E-state index contributed by atoms with van der Waals surface area (Å²) in [6.45, 7) is 15.4. The van der Waals surface area contributed by atoms with Gasteiger partial charge < -0.3 is 104 Å². The van der Waals surface area contributed by atoms with Crippen molar-refractivity contribution in [2.75, 3.05) is 65.4 Å². The number of fused-ring (bicyclic) bond motifs is 8. The maximum absolute atomic E-state index is 15.9. The number of likely N-dealkylation sites (tertiary alicyclic amines) is 1. The minimum atomic E-state index is -1.61. The Morgan fingerprint density at radius 3 is 2.12 bits per heavy atom. The molecule has 0 spiro atoms. The van der Waals surface area contributed by atoms with Gasteiger partial charge >= 0.3 is 0 Å². The molecule has 3 aliphatic heterocycles. The smallest absolute Gasteiger partial charge is 0.246 e. The number of carbonyl (C=O) groups is 15. The molecule has 0 aliphatic carbocycles. The summed E-state index contributed by atoms with van der Waals surface area (Å²) in [5, 5.41) is 48.6. The van der Waals surface area contributed by atoms with Crippen molar-refractivity contribution >= 4 is 135 Å². The molecule has 728 valence electrons. The van der Waals surface area contributed by atoms with E-state index in [0.717, 1.165) is 39.2 Å². The molecule has 0 saturated carbocycles. The number of nitrogens with one attached hydrogen (secondary N) is 10. The third kappa shape index (κ3) is 29.9. The SMILES string of the molecule is CCCC[C@@H](C(=O)N(C)[C@@H](CCCC)C(=O)N[C@@H](CC(C)C)C(=O)NCCSCC(N)CC)N(C)C(=O)[C@@H]1Cc2cn(c3ccccc23)CC(=O)CBc2ccc(C)cc2CNC[C@H](NC(=O)C2CCCN2C(=O)[C@H](CC(N)=O)NC(=O)[C@H](C)N(C)C(=O)CCc2ccc(O)cc2)C(=O)N[C@@H](CC(C)C)C(=O)N2C[C@H](O)CC2C(=O)N[C@@H](Cc2c[nH]c3ccccc23)C(=O)NCC(=O)N1. The van der Waals surface area contributed by atoms with Gasteiger partial charge in [0.1, 0.15) is 78.0 Å². The normalized spacial score (nSPS) is 20.0. The number of H-pyrrole nitrogens is 1. The second-order valence-electron chi connectivity index (χ2n) is 36.8. The average Bonchev–Trinajstić information content (AvgIpc) is 1.69. The topological polar surface area (TPSA) is 494 Å². The number of para-hydroxylation sites is 2. The van der Waals surface area contributed by atoms with Crippen LogP contribution in [0.15, 0.2) is 103 Å². The van der Waals surface area contributed by atoms with Crippen LogP contribution in [-0.4, -0.2) is 284 Å². The number of primary amides is 1. The summed E-state index contributed by atoms with van der Waals surface area (Å²) in [5.74, 6) is -9.54. The number of ketones is 1. The van der Waals surface area contributed by atoms with Crippen LogP contribution in [-0.2, 0) is 104 Å². The lowest BCUT2D eigenvalue weighted by Gasteiger charge is -2.36. The first kappa shape index (κ1) is 106. The maximum Gasteiger partial charge on any atom is 0.246 e. The Labute approximate surface area is 789 Å². The molecule has 9 rings (SSSR count). The number of phenolic OH excluding ortho intramolecular Hbond substituents is 1. The number of amides is 14. The highest BCUT2D eigenvalue weighted by Crippen LogP contribution is 2.29. The van der Waals surface area contributed by atoms with Gasteiger partial charge in [0.15, 0.2) is 7.28 Å². The Bertz CT molecular complexity index is 5110. The van der Waals surface area contributed by atoms with Crippen LogP contribution in [0.1, 0.15) is 173 Å². The lowest BCUT2D eigenvalue weighted by atomic mass is 9.64. The monoisotopic (exact) mass is 1870 g/mol. The van der Waals surface area contributed by atoms with E-state index in [-0.39, 0.29) is 139 Å². The van der Waals surface area contributed by atoms with Gasteiger partial charge in [0.25, 0.3) is 0 Å². The zero-order valence-corrected chi connectivity index (χ0v) is 80.4. The van der Waals surface area contributed by atoms with Crippen molar-refractivity contribution < 1.29 is 82.1 Å². The Morgan fingerprint density at radius 1 is 0.739 bits per heavy atom. The van der Waals surface area contributed by atoms with Crippen molar-refractivity contribution in [3.05, 3.63) is 131 Å². The molecule has 16 N–H and O–H groups in total. The van der Waals surface area contributed by atoms with Gasteiger partial charge in [0.05, 0.1) is 25.6 Å². The molecule has 3 aliphatic rings. The molecule has 4 aromatic carbocycles. The summed E-state index contributed by atoms with van der Waals surface area (Å²) in [6, 6.07) is 11.7. The van der Waals surface area contributed by atoms with Gasteiger partial charge in [0, 0.05) is 131 Å². The summed E-state index contributed by atoms with van der Waals surface area (Å²) in [7, 11) is 4.61. The van der Waals surface area contributed by atoms with Gasteiger partial charge in [-0.3, -0.25) is 71.9 Å². The molecule has 13 atom stereocenters. The lowest BCUT2D eigenvalue weighted by Crippen LogP contribution is -2.61. The number of Topliss-reactive ketones (excluding diaryl/α,β-unsaturated/α-hetero) is 1. The molecular weight excluding hydrogens is 1730 g/mol. The zero-order valence-electron chi connectivity index (χ0n) is 79.5. The number of hydrogen-bond acceptors (Lipinski definition) is 20. The number of aliphatic hydroxyl groups is 1. The number of aromatic hydroxyl groups is 1. The van der Waals surface area contributed by atoms with E-state index in [0.29, 0.717) is 77.3 Å². The fourth-order valence-corrected chi connectivity index (χ4v) is 18.5.